The summed E-state index contributed by atoms with van der Waals surface area (Å²) in [7, 11) is -8.51. The Morgan fingerprint density at radius 3 is 0.820 bits per heavy atom. The Hall–Kier alpha value is -0.408. The molecule has 0 unspecified atom stereocenters. The molecule has 50 heavy (non-hydrogen) atoms. The number of rotatable bonds is 7. The second kappa shape index (κ2) is 15.8. The predicted molar refractivity (Wildman–Crippen MR) is 221 cm³/mol. The molecular weight excluding hydrogens is 771 g/mol. The molecule has 0 spiro atoms. The third-order valence-electron chi connectivity index (χ3n) is 11.4. The van der Waals surface area contributed by atoms with Crippen LogP contribution in [0.4, 0.5) is 0 Å². The van der Waals surface area contributed by atoms with Gasteiger partial charge in [-0.15, -0.1) is 0 Å². The van der Waals surface area contributed by atoms with Crippen LogP contribution in [0.3, 0.4) is 0 Å². The smallest absolute Gasteiger partial charge is 1.00 e. The molecule has 0 saturated heterocycles. The monoisotopic (exact) mass is 832 g/mol. The van der Waals surface area contributed by atoms with Gasteiger partial charge in [0.05, 0.1) is 0 Å². The van der Waals surface area contributed by atoms with Crippen LogP contribution in [-0.2, 0) is 20.4 Å². The molecule has 0 nitrogen and oxygen atoms in total. The Labute approximate surface area is 341 Å². The number of hydrogen-bond donors (Lipinski definition) is 0. The van der Waals surface area contributed by atoms with Crippen molar-refractivity contribution in [1.29, 1.82) is 0 Å². The first-order chi connectivity index (χ1) is 21.2. The fourth-order valence-corrected chi connectivity index (χ4v) is 28.1. The maximum Gasteiger partial charge on any atom is -1.00 e. The van der Waals surface area contributed by atoms with E-state index in [1.54, 1.807) is 42.3 Å². The van der Waals surface area contributed by atoms with Crippen LogP contribution in [-0.4, -0.2) is 32.3 Å². The molecule has 8 heteroatoms. The first-order valence-electron chi connectivity index (χ1n) is 17.7. The van der Waals surface area contributed by atoms with E-state index in [2.05, 4.69) is 185 Å². The molecule has 1 aliphatic rings. The van der Waals surface area contributed by atoms with Crippen molar-refractivity contribution in [3.8, 4) is 0 Å². The van der Waals surface area contributed by atoms with Gasteiger partial charge in [-0.05, 0) is 0 Å². The second-order valence-electron chi connectivity index (χ2n) is 18.3. The van der Waals surface area contributed by atoms with Gasteiger partial charge in [0.2, 0.25) is 0 Å². The minimum absolute atomic E-state index is 0. The molecular formula is C42H63Cl3Si4Ti. The molecule has 0 bridgehead atoms. The summed E-state index contributed by atoms with van der Waals surface area (Å²) in [4.78, 5) is 0. The Morgan fingerprint density at radius 1 is 0.400 bits per heavy atom. The molecule has 0 atom stereocenters. The molecule has 0 N–H and O–H groups in total. The van der Waals surface area contributed by atoms with Crippen LogP contribution in [0.15, 0.2) is 58.7 Å². The number of benzene rings is 3. The van der Waals surface area contributed by atoms with E-state index in [-0.39, 0.29) is 40.6 Å². The van der Waals surface area contributed by atoms with Crippen LogP contribution >= 0.6 is 0 Å². The summed E-state index contributed by atoms with van der Waals surface area (Å²) in [6, 6.07) is 15.6. The van der Waals surface area contributed by atoms with Crippen molar-refractivity contribution in [3.05, 3.63) is 92.1 Å². The van der Waals surface area contributed by atoms with Crippen molar-refractivity contribution in [3.63, 3.8) is 0 Å². The predicted octanol–water partition coefficient (Wildman–Crippen LogP) is -0.414. The topological polar surface area (TPSA) is 0 Å². The molecule has 1 aliphatic carbocycles. The Bertz CT molecular complexity index is 1660. The summed E-state index contributed by atoms with van der Waals surface area (Å²) >= 11 is 2.72. The second-order valence-corrected chi connectivity index (χ2v) is 39.1. The van der Waals surface area contributed by atoms with E-state index in [9.17, 15) is 0 Å². The van der Waals surface area contributed by atoms with Crippen molar-refractivity contribution in [1.82, 2.24) is 0 Å². The fraction of sp³-hybridized carbons (Fsp3) is 0.476. The Kier molecular flexibility index (Phi) is 15.0. The Morgan fingerprint density at radius 2 is 0.620 bits per heavy atom. The van der Waals surface area contributed by atoms with Crippen molar-refractivity contribution >= 4 is 63.4 Å². The van der Waals surface area contributed by atoms with Gasteiger partial charge < -0.3 is 37.2 Å². The van der Waals surface area contributed by atoms with Gasteiger partial charge in [0, 0.05) is 0 Å². The number of hydrogen-bond acceptors (Lipinski definition) is 0. The van der Waals surface area contributed by atoms with E-state index in [1.165, 1.54) is 44.5 Å². The summed E-state index contributed by atoms with van der Waals surface area (Å²) in [6.45, 7) is 47.8. The van der Waals surface area contributed by atoms with Crippen LogP contribution in [0.2, 0.25) is 62.3 Å². The number of halogens is 3. The normalized spacial score (nSPS) is 15.1. The van der Waals surface area contributed by atoms with Crippen LogP contribution in [0.5, 0.6) is 0 Å². The first kappa shape index (κ1) is 47.6. The third-order valence-corrected chi connectivity index (χ3v) is 27.2. The molecule has 4 rings (SSSR count). The van der Waals surface area contributed by atoms with E-state index in [1.807, 2.05) is 0 Å². The van der Waals surface area contributed by atoms with E-state index in [0.717, 1.165) is 0 Å². The minimum atomic E-state index is -3.00. The molecule has 3 aromatic rings. The summed E-state index contributed by atoms with van der Waals surface area (Å²) in [5, 5.41) is 10.3. The van der Waals surface area contributed by atoms with Crippen molar-refractivity contribution in [2.75, 3.05) is 0 Å². The van der Waals surface area contributed by atoms with Crippen molar-refractivity contribution in [2.45, 2.75) is 132 Å². The van der Waals surface area contributed by atoms with E-state index >= 15 is 0 Å². The maximum absolute atomic E-state index is 3.00. The molecule has 3 aromatic carbocycles. The van der Waals surface area contributed by atoms with Gasteiger partial charge in [0.25, 0.3) is 0 Å². The SMILES string of the molecule is CC1=C(C)[C]([Ti+3])([Si](c2c(C)cc(C)cc2[Si](C)(C)C)(c2c(C)cc(C)cc2[Si](C)(C)C)c2c(C)cc(C)cc2[Si](C)(C)C)C(C)=C1C.[Cl-].[Cl-].[Cl-]. The van der Waals surface area contributed by atoms with E-state index in [4.69, 9.17) is 0 Å². The van der Waals surface area contributed by atoms with Crippen molar-refractivity contribution < 1.29 is 57.7 Å². The standard InChI is InChI=1S/C42H63Si4.3ClH.Ti/c1-26-20-29(4)39(36(23-26)43(11,12)13)46(42-34(9)32(7)33(8)35(42)10,40-30(5)21-27(2)24-37(40)44(14,15)16)41-31(6)22-28(3)25-38(41)45(17,18)19;;;;/h20-25H,1-19H3;3*1H;/q;;;;+3/p-3. The molecule has 0 aromatic heterocycles. The van der Waals surface area contributed by atoms with Gasteiger partial charge in [-0.25, -0.2) is 0 Å². The quantitative estimate of drug-likeness (QED) is 0.225. The van der Waals surface area contributed by atoms with Gasteiger partial charge in [-0.1, -0.05) is 0 Å². The number of aryl methyl sites for hydroxylation is 6. The molecule has 0 fully saturated rings. The Balaban J connectivity index is 0.00000417. The maximum atomic E-state index is 2.72. The zero-order chi connectivity index (χ0) is 36.0. The summed E-state index contributed by atoms with van der Waals surface area (Å²) in [5.74, 6) is 0. The molecule has 272 valence electrons. The zero-order valence-corrected chi connectivity index (χ0v) is 42.4. The van der Waals surface area contributed by atoms with Gasteiger partial charge in [0.15, 0.2) is 0 Å². The zero-order valence-electron chi connectivity index (χ0n) is 34.6. The summed E-state index contributed by atoms with van der Waals surface area (Å²) in [5.41, 5.74) is 15.0. The number of allylic oxidation sites excluding steroid dienone is 4. The van der Waals surface area contributed by atoms with Gasteiger partial charge in [-0.2, -0.15) is 0 Å². The fourth-order valence-electron chi connectivity index (χ4n) is 9.08. The van der Waals surface area contributed by atoms with Gasteiger partial charge in [-0.3, -0.25) is 0 Å². The largest absolute Gasteiger partial charge is 1.00 e. The first-order valence-corrected chi connectivity index (χ1v) is 31.0. The van der Waals surface area contributed by atoms with Crippen molar-refractivity contribution in [2.24, 2.45) is 0 Å². The van der Waals surface area contributed by atoms with Crippen LogP contribution in [0, 0.1) is 41.5 Å². The molecule has 0 heterocycles. The third kappa shape index (κ3) is 7.60. The van der Waals surface area contributed by atoms with E-state index < -0.39 is 32.3 Å². The average Bonchev–Trinajstić information content (AvgIpc) is 3.04. The molecule has 0 saturated carbocycles. The average molecular weight is 835 g/mol. The van der Waals surface area contributed by atoms with Crippen LogP contribution < -0.4 is 68.3 Å². The minimum Gasteiger partial charge on any atom is -1.00 e. The molecule has 0 amide bonds. The van der Waals surface area contributed by atoms with E-state index in [0.29, 0.717) is 0 Å². The van der Waals surface area contributed by atoms with Gasteiger partial charge in [0.1, 0.15) is 0 Å². The molecule has 0 aliphatic heterocycles. The summed E-state index contributed by atoms with van der Waals surface area (Å²) in [6.07, 6.45) is 0. The van der Waals surface area contributed by atoms with Crippen LogP contribution in [0.1, 0.15) is 61.1 Å². The van der Waals surface area contributed by atoms with Crippen LogP contribution in [0.25, 0.3) is 0 Å². The van der Waals surface area contributed by atoms with Gasteiger partial charge >= 0.3 is 307 Å². The molecule has 0 radical (unpaired) electrons. The summed E-state index contributed by atoms with van der Waals surface area (Å²) < 4.78 is -0.127.